The van der Waals surface area contributed by atoms with Crippen molar-refractivity contribution in [3.05, 3.63) is 23.8 Å². The van der Waals surface area contributed by atoms with Crippen molar-refractivity contribution >= 4 is 29.2 Å². The van der Waals surface area contributed by atoms with Crippen LogP contribution in [0, 0.1) is 0 Å². The van der Waals surface area contributed by atoms with E-state index < -0.39 is 0 Å². The van der Waals surface area contributed by atoms with Gasteiger partial charge in [-0.05, 0) is 37.5 Å². The van der Waals surface area contributed by atoms with Gasteiger partial charge in [0.1, 0.15) is 0 Å². The highest BCUT2D eigenvalue weighted by molar-refractivity contribution is 5.96. The van der Waals surface area contributed by atoms with Crippen molar-refractivity contribution in [1.29, 1.82) is 0 Å². The van der Waals surface area contributed by atoms with Gasteiger partial charge in [0.05, 0.1) is 13.0 Å². The summed E-state index contributed by atoms with van der Waals surface area (Å²) >= 11 is 0. The molecule has 0 aromatic heterocycles. The Balaban J connectivity index is 2.01. The molecule has 0 spiro atoms. The summed E-state index contributed by atoms with van der Waals surface area (Å²) in [5.74, 6) is -0.629. The van der Waals surface area contributed by atoms with Gasteiger partial charge < -0.3 is 15.0 Å². The van der Waals surface area contributed by atoms with Crippen LogP contribution in [0.4, 0.5) is 11.4 Å². The molecule has 2 amide bonds. The number of carbonyl (C=O) groups is 3. The van der Waals surface area contributed by atoms with Crippen molar-refractivity contribution in [2.24, 2.45) is 0 Å². The van der Waals surface area contributed by atoms with Crippen LogP contribution in [-0.4, -0.2) is 30.9 Å². The molecule has 1 aromatic rings. The number of nitrogens with zero attached hydrogens (tertiary/aromatic N) is 1. The van der Waals surface area contributed by atoms with Crippen molar-refractivity contribution in [3.8, 4) is 0 Å². The molecular weight excluding hydrogens is 296 g/mol. The highest BCUT2D eigenvalue weighted by Gasteiger charge is 2.20. The van der Waals surface area contributed by atoms with Crippen molar-refractivity contribution in [2.45, 2.75) is 39.5 Å². The van der Waals surface area contributed by atoms with Crippen LogP contribution >= 0.6 is 0 Å². The molecule has 0 radical (unpaired) electrons. The number of anilines is 2. The topological polar surface area (TPSA) is 75.7 Å². The van der Waals surface area contributed by atoms with Crippen LogP contribution in [0.2, 0.25) is 0 Å². The minimum atomic E-state index is -0.379. The molecule has 124 valence electrons. The van der Waals surface area contributed by atoms with Crippen molar-refractivity contribution in [2.75, 3.05) is 23.4 Å². The average Bonchev–Trinajstić information content (AvgIpc) is 2.52. The van der Waals surface area contributed by atoms with Crippen LogP contribution in [0.5, 0.6) is 0 Å². The normalized spacial score (nSPS) is 13.2. The van der Waals surface area contributed by atoms with Gasteiger partial charge in [-0.2, -0.15) is 0 Å². The molecule has 0 unspecified atom stereocenters. The highest BCUT2D eigenvalue weighted by Crippen LogP contribution is 2.30. The number of esters is 1. The van der Waals surface area contributed by atoms with Gasteiger partial charge in [-0.25, -0.2) is 0 Å². The van der Waals surface area contributed by atoms with Gasteiger partial charge in [0.15, 0.2) is 0 Å². The molecule has 1 heterocycles. The summed E-state index contributed by atoms with van der Waals surface area (Å²) in [6, 6.07) is 5.58. The van der Waals surface area contributed by atoms with Gasteiger partial charge in [0.2, 0.25) is 11.8 Å². The molecule has 0 atom stereocenters. The van der Waals surface area contributed by atoms with E-state index in [1.54, 1.807) is 18.7 Å². The molecule has 1 aromatic carbocycles. The third kappa shape index (κ3) is 4.55. The fourth-order valence-electron chi connectivity index (χ4n) is 2.65. The molecule has 6 nitrogen and oxygen atoms in total. The van der Waals surface area contributed by atoms with Crippen molar-refractivity contribution in [1.82, 2.24) is 0 Å². The number of nitrogens with one attached hydrogen (secondary N) is 1. The molecular formula is C17H22N2O4. The van der Waals surface area contributed by atoms with Gasteiger partial charge >= 0.3 is 5.97 Å². The van der Waals surface area contributed by atoms with Gasteiger partial charge in [0, 0.05) is 31.3 Å². The van der Waals surface area contributed by atoms with Crippen molar-refractivity contribution in [3.63, 3.8) is 0 Å². The lowest BCUT2D eigenvalue weighted by Gasteiger charge is -2.29. The van der Waals surface area contributed by atoms with E-state index in [1.165, 1.54) is 0 Å². The number of rotatable bonds is 5. The Bertz CT molecular complexity index is 613. The molecule has 1 N–H and O–H groups in total. The molecule has 1 aliphatic rings. The molecule has 23 heavy (non-hydrogen) atoms. The third-order valence-corrected chi connectivity index (χ3v) is 3.73. The van der Waals surface area contributed by atoms with Crippen LogP contribution in [0.3, 0.4) is 0 Å². The Morgan fingerprint density at radius 2 is 2.04 bits per heavy atom. The maximum absolute atomic E-state index is 11.9. The number of ether oxygens (including phenoxy) is 1. The lowest BCUT2D eigenvalue weighted by molar-refractivity contribution is -0.144. The van der Waals surface area contributed by atoms with Gasteiger partial charge in [0.25, 0.3) is 0 Å². The second kappa shape index (κ2) is 7.76. The number of carbonyl (C=O) groups excluding carboxylic acids is 3. The zero-order chi connectivity index (χ0) is 16.8. The lowest BCUT2D eigenvalue weighted by Crippen LogP contribution is -2.33. The zero-order valence-electron chi connectivity index (χ0n) is 13.6. The SMILES string of the molecule is CCOC(=O)CCC(=O)Nc1ccc2c(c1)N(C(C)=O)CCC2. The van der Waals surface area contributed by atoms with E-state index in [2.05, 4.69) is 5.32 Å². The summed E-state index contributed by atoms with van der Waals surface area (Å²) in [7, 11) is 0. The van der Waals surface area contributed by atoms with Crippen LogP contribution in [-0.2, 0) is 25.5 Å². The Hall–Kier alpha value is -2.37. The largest absolute Gasteiger partial charge is 0.466 e. The fraction of sp³-hybridized carbons (Fsp3) is 0.471. The summed E-state index contributed by atoms with van der Waals surface area (Å²) in [4.78, 5) is 36.6. The predicted octanol–water partition coefficient (Wildman–Crippen LogP) is 2.27. The number of benzene rings is 1. The standard InChI is InChI=1S/C17H22N2O4/c1-3-23-17(22)9-8-16(21)18-14-7-6-13-5-4-10-19(12(2)20)15(13)11-14/h6-7,11H,3-5,8-10H2,1-2H3,(H,18,21). The molecule has 0 saturated carbocycles. The number of amides is 2. The number of fused-ring (bicyclic) bond motifs is 1. The first-order valence-corrected chi connectivity index (χ1v) is 7.87. The van der Waals surface area contributed by atoms with E-state index >= 15 is 0 Å². The molecule has 2 rings (SSSR count). The third-order valence-electron chi connectivity index (χ3n) is 3.73. The van der Waals surface area contributed by atoms with E-state index in [9.17, 15) is 14.4 Å². The Labute approximate surface area is 135 Å². The minimum absolute atomic E-state index is 0.00302. The van der Waals surface area contributed by atoms with E-state index in [1.807, 2.05) is 18.2 Å². The van der Waals surface area contributed by atoms with Gasteiger partial charge in [-0.15, -0.1) is 0 Å². The van der Waals surface area contributed by atoms with Gasteiger partial charge in [-0.1, -0.05) is 6.07 Å². The minimum Gasteiger partial charge on any atom is -0.466 e. The highest BCUT2D eigenvalue weighted by atomic mass is 16.5. The van der Waals surface area contributed by atoms with Crippen LogP contribution < -0.4 is 10.2 Å². The van der Waals surface area contributed by atoms with Crippen molar-refractivity contribution < 1.29 is 19.1 Å². The summed E-state index contributed by atoms with van der Waals surface area (Å²) in [5, 5.41) is 2.76. The van der Waals surface area contributed by atoms with E-state index in [4.69, 9.17) is 4.74 Å². The summed E-state index contributed by atoms with van der Waals surface area (Å²) < 4.78 is 4.79. The van der Waals surface area contributed by atoms with E-state index in [0.717, 1.165) is 24.1 Å². The van der Waals surface area contributed by atoms with E-state index in [0.29, 0.717) is 18.8 Å². The fourth-order valence-corrected chi connectivity index (χ4v) is 2.65. The quantitative estimate of drug-likeness (QED) is 0.845. The Kier molecular flexibility index (Phi) is 5.73. The number of hydrogen-bond acceptors (Lipinski definition) is 4. The Morgan fingerprint density at radius 1 is 1.26 bits per heavy atom. The maximum atomic E-state index is 11.9. The number of aryl methyl sites for hydroxylation is 1. The Morgan fingerprint density at radius 3 is 2.74 bits per heavy atom. The molecule has 1 aliphatic heterocycles. The average molecular weight is 318 g/mol. The number of hydrogen-bond donors (Lipinski definition) is 1. The molecule has 6 heteroatoms. The molecule has 0 saturated heterocycles. The van der Waals surface area contributed by atoms with E-state index in [-0.39, 0.29) is 30.6 Å². The zero-order valence-corrected chi connectivity index (χ0v) is 13.6. The van der Waals surface area contributed by atoms with Crippen LogP contribution in [0.1, 0.15) is 38.7 Å². The maximum Gasteiger partial charge on any atom is 0.306 e. The monoisotopic (exact) mass is 318 g/mol. The summed E-state index contributed by atoms with van der Waals surface area (Å²) in [6.07, 6.45) is 2.00. The smallest absolute Gasteiger partial charge is 0.306 e. The molecule has 0 bridgehead atoms. The first-order valence-electron chi connectivity index (χ1n) is 7.87. The second-order valence-electron chi connectivity index (χ2n) is 5.47. The van der Waals surface area contributed by atoms with Crippen LogP contribution in [0.15, 0.2) is 18.2 Å². The summed E-state index contributed by atoms with van der Waals surface area (Å²) in [5.41, 5.74) is 2.59. The molecule has 0 aliphatic carbocycles. The molecule has 0 fully saturated rings. The summed E-state index contributed by atoms with van der Waals surface area (Å²) in [6.45, 7) is 4.28. The second-order valence-corrected chi connectivity index (χ2v) is 5.47. The van der Waals surface area contributed by atoms with Crippen LogP contribution in [0.25, 0.3) is 0 Å². The first-order chi connectivity index (χ1) is 11.0. The van der Waals surface area contributed by atoms with Gasteiger partial charge in [-0.3, -0.25) is 14.4 Å². The first kappa shape index (κ1) is 17.0. The predicted molar refractivity (Wildman–Crippen MR) is 87.3 cm³/mol. The lowest BCUT2D eigenvalue weighted by atomic mass is 10.0.